The van der Waals surface area contributed by atoms with Gasteiger partial charge in [-0.15, -0.1) is 0 Å². The van der Waals surface area contributed by atoms with Gasteiger partial charge in [0.1, 0.15) is 13.2 Å². The predicted octanol–water partition coefficient (Wildman–Crippen LogP) is 3.18. The van der Waals surface area contributed by atoms with Gasteiger partial charge in [0.05, 0.1) is 6.54 Å². The quantitative estimate of drug-likeness (QED) is 0.809. The van der Waals surface area contributed by atoms with Crippen molar-refractivity contribution in [1.29, 1.82) is 0 Å². The first-order valence-corrected chi connectivity index (χ1v) is 9.13. The molecular formula is C22H24N2O4. The van der Waals surface area contributed by atoms with E-state index in [1.807, 2.05) is 50.2 Å². The Balaban J connectivity index is 1.58. The van der Waals surface area contributed by atoms with E-state index in [0.29, 0.717) is 24.7 Å². The first-order chi connectivity index (χ1) is 13.4. The Morgan fingerprint density at radius 1 is 1.07 bits per heavy atom. The molecule has 0 bridgehead atoms. The van der Waals surface area contributed by atoms with E-state index in [4.69, 9.17) is 9.47 Å². The summed E-state index contributed by atoms with van der Waals surface area (Å²) in [6.45, 7) is 4.89. The average molecular weight is 380 g/mol. The first-order valence-electron chi connectivity index (χ1n) is 9.13. The summed E-state index contributed by atoms with van der Waals surface area (Å²) in [5, 5.41) is 2.88. The molecule has 2 amide bonds. The van der Waals surface area contributed by atoms with Gasteiger partial charge < -0.3 is 19.7 Å². The smallest absolute Gasteiger partial charge is 0.246 e. The minimum Gasteiger partial charge on any atom is -0.486 e. The third kappa shape index (κ3) is 4.71. The van der Waals surface area contributed by atoms with Crippen molar-refractivity contribution >= 4 is 23.6 Å². The van der Waals surface area contributed by atoms with E-state index >= 15 is 0 Å². The molecule has 0 unspecified atom stereocenters. The largest absolute Gasteiger partial charge is 0.486 e. The van der Waals surface area contributed by atoms with E-state index in [0.717, 1.165) is 22.4 Å². The fourth-order valence-corrected chi connectivity index (χ4v) is 2.94. The highest BCUT2D eigenvalue weighted by molar-refractivity contribution is 5.98. The van der Waals surface area contributed by atoms with E-state index in [9.17, 15) is 9.59 Å². The molecule has 1 heterocycles. The van der Waals surface area contributed by atoms with Crippen LogP contribution in [0.3, 0.4) is 0 Å². The zero-order chi connectivity index (χ0) is 20.1. The Morgan fingerprint density at radius 2 is 1.75 bits per heavy atom. The highest BCUT2D eigenvalue weighted by Gasteiger charge is 2.14. The molecule has 2 aromatic carbocycles. The van der Waals surface area contributed by atoms with Gasteiger partial charge in [-0.1, -0.05) is 24.3 Å². The van der Waals surface area contributed by atoms with Crippen molar-refractivity contribution in [2.75, 3.05) is 32.1 Å². The first kappa shape index (κ1) is 19.5. The van der Waals surface area contributed by atoms with Gasteiger partial charge in [-0.05, 0) is 48.7 Å². The lowest BCUT2D eigenvalue weighted by Gasteiger charge is -2.18. The van der Waals surface area contributed by atoms with Crippen LogP contribution in [0.2, 0.25) is 0 Å². The predicted molar refractivity (Wildman–Crippen MR) is 109 cm³/mol. The topological polar surface area (TPSA) is 67.9 Å². The number of aryl methyl sites for hydroxylation is 2. The summed E-state index contributed by atoms with van der Waals surface area (Å²) in [5.74, 6) is 0.879. The number of anilines is 1. The fourth-order valence-electron chi connectivity index (χ4n) is 2.94. The number of nitrogens with zero attached hydrogens (tertiary/aromatic N) is 1. The van der Waals surface area contributed by atoms with E-state index in [1.54, 1.807) is 13.1 Å². The van der Waals surface area contributed by atoms with E-state index in [1.165, 1.54) is 11.0 Å². The summed E-state index contributed by atoms with van der Waals surface area (Å²) >= 11 is 0. The molecular weight excluding hydrogens is 356 g/mol. The molecule has 1 N–H and O–H groups in total. The number of carbonyl (C=O) groups excluding carboxylic acids is 2. The second kappa shape index (κ2) is 8.61. The summed E-state index contributed by atoms with van der Waals surface area (Å²) in [4.78, 5) is 26.0. The zero-order valence-corrected chi connectivity index (χ0v) is 16.3. The molecule has 0 fully saturated rings. The van der Waals surface area contributed by atoms with Crippen LogP contribution in [0, 0.1) is 13.8 Å². The van der Waals surface area contributed by atoms with E-state index < -0.39 is 0 Å². The lowest BCUT2D eigenvalue weighted by Crippen LogP contribution is -2.34. The van der Waals surface area contributed by atoms with E-state index in [-0.39, 0.29) is 18.4 Å². The number of benzene rings is 2. The summed E-state index contributed by atoms with van der Waals surface area (Å²) in [6, 6.07) is 11.3. The number of ether oxygens (including phenoxy) is 2. The monoisotopic (exact) mass is 380 g/mol. The number of hydrogen-bond donors (Lipinski definition) is 1. The SMILES string of the molecule is Cc1cccc(C)c1NC(=O)CN(C)C(=O)C=Cc1ccc2c(c1)OCCO2. The van der Waals surface area contributed by atoms with Crippen molar-refractivity contribution in [1.82, 2.24) is 4.90 Å². The molecule has 0 saturated carbocycles. The number of likely N-dealkylation sites (N-methyl/N-ethyl adjacent to an activating group) is 1. The summed E-state index contributed by atoms with van der Waals surface area (Å²) in [6.07, 6.45) is 3.14. The standard InChI is InChI=1S/C22H24N2O4/c1-15-5-4-6-16(2)22(15)23-20(25)14-24(3)21(26)10-8-17-7-9-18-19(13-17)28-12-11-27-18/h4-10,13H,11-12,14H2,1-3H3,(H,23,25). The minimum absolute atomic E-state index is 0.0297. The van der Waals surface area contributed by atoms with Crippen LogP contribution in [-0.4, -0.2) is 43.5 Å². The van der Waals surface area contributed by atoms with Crippen LogP contribution >= 0.6 is 0 Å². The van der Waals surface area contributed by atoms with Crippen LogP contribution in [0.5, 0.6) is 11.5 Å². The molecule has 2 aromatic rings. The number of para-hydroxylation sites is 1. The third-order valence-corrected chi connectivity index (χ3v) is 4.49. The summed E-state index contributed by atoms with van der Waals surface area (Å²) < 4.78 is 11.0. The molecule has 0 radical (unpaired) electrons. The lowest BCUT2D eigenvalue weighted by atomic mass is 10.1. The molecule has 6 heteroatoms. The van der Waals surface area contributed by atoms with Gasteiger partial charge in [0.2, 0.25) is 11.8 Å². The molecule has 0 saturated heterocycles. The Labute approximate surface area is 164 Å². The van der Waals surface area contributed by atoms with Gasteiger partial charge >= 0.3 is 0 Å². The highest BCUT2D eigenvalue weighted by atomic mass is 16.6. The average Bonchev–Trinajstić information content (AvgIpc) is 2.68. The molecule has 0 aromatic heterocycles. The Bertz CT molecular complexity index is 900. The van der Waals surface area contributed by atoms with Crippen LogP contribution in [0.25, 0.3) is 6.08 Å². The molecule has 3 rings (SSSR count). The van der Waals surface area contributed by atoms with Crippen LogP contribution in [0.4, 0.5) is 5.69 Å². The number of amides is 2. The maximum Gasteiger partial charge on any atom is 0.246 e. The van der Waals surface area contributed by atoms with Gasteiger partial charge in [-0.3, -0.25) is 9.59 Å². The zero-order valence-electron chi connectivity index (χ0n) is 16.3. The van der Waals surface area contributed by atoms with E-state index in [2.05, 4.69) is 5.32 Å². The van der Waals surface area contributed by atoms with Crippen molar-refractivity contribution in [2.45, 2.75) is 13.8 Å². The molecule has 28 heavy (non-hydrogen) atoms. The number of hydrogen-bond acceptors (Lipinski definition) is 4. The van der Waals surface area contributed by atoms with Crippen molar-refractivity contribution in [3.05, 3.63) is 59.2 Å². The number of nitrogens with one attached hydrogen (secondary N) is 1. The molecule has 1 aliphatic rings. The van der Waals surface area contributed by atoms with Gasteiger partial charge in [0, 0.05) is 18.8 Å². The summed E-state index contributed by atoms with van der Waals surface area (Å²) in [7, 11) is 1.60. The molecule has 146 valence electrons. The highest BCUT2D eigenvalue weighted by Crippen LogP contribution is 2.31. The minimum atomic E-state index is -0.258. The number of fused-ring (bicyclic) bond motifs is 1. The van der Waals surface area contributed by atoms with Crippen molar-refractivity contribution in [3.8, 4) is 11.5 Å². The second-order valence-corrected chi connectivity index (χ2v) is 6.75. The van der Waals surface area contributed by atoms with Crippen molar-refractivity contribution in [2.24, 2.45) is 0 Å². The van der Waals surface area contributed by atoms with Crippen LogP contribution in [0.1, 0.15) is 16.7 Å². The third-order valence-electron chi connectivity index (χ3n) is 4.49. The van der Waals surface area contributed by atoms with Crippen molar-refractivity contribution in [3.63, 3.8) is 0 Å². The van der Waals surface area contributed by atoms with Crippen molar-refractivity contribution < 1.29 is 19.1 Å². The number of carbonyl (C=O) groups is 2. The van der Waals surface area contributed by atoms with Gasteiger partial charge in [0.25, 0.3) is 0 Å². The molecule has 1 aliphatic heterocycles. The molecule has 6 nitrogen and oxygen atoms in total. The van der Waals surface area contributed by atoms with Crippen LogP contribution in [0.15, 0.2) is 42.5 Å². The molecule has 0 atom stereocenters. The van der Waals surface area contributed by atoms with Gasteiger partial charge in [-0.25, -0.2) is 0 Å². The lowest BCUT2D eigenvalue weighted by molar-refractivity contribution is -0.129. The second-order valence-electron chi connectivity index (χ2n) is 6.75. The maximum absolute atomic E-state index is 12.3. The normalized spacial score (nSPS) is 12.7. The van der Waals surface area contributed by atoms with Crippen LogP contribution < -0.4 is 14.8 Å². The Kier molecular flexibility index (Phi) is 5.99. The summed E-state index contributed by atoms with van der Waals surface area (Å²) in [5.41, 5.74) is 3.59. The number of rotatable bonds is 5. The van der Waals surface area contributed by atoms with Gasteiger partial charge in [-0.2, -0.15) is 0 Å². The molecule has 0 spiro atoms. The Morgan fingerprint density at radius 3 is 2.46 bits per heavy atom. The van der Waals surface area contributed by atoms with Gasteiger partial charge in [0.15, 0.2) is 11.5 Å². The molecule has 0 aliphatic carbocycles. The maximum atomic E-state index is 12.3. The van der Waals surface area contributed by atoms with Crippen LogP contribution in [-0.2, 0) is 9.59 Å². The fraction of sp³-hybridized carbons (Fsp3) is 0.273. The Hall–Kier alpha value is -3.28.